The van der Waals surface area contributed by atoms with E-state index in [4.69, 9.17) is 23.2 Å². The minimum atomic E-state index is -0.534. The fourth-order valence-electron chi connectivity index (χ4n) is 3.30. The van der Waals surface area contributed by atoms with E-state index in [-0.39, 0.29) is 11.5 Å². The van der Waals surface area contributed by atoms with E-state index in [1.54, 1.807) is 18.2 Å². The minimum absolute atomic E-state index is 0.0968. The lowest BCUT2D eigenvalue weighted by Crippen LogP contribution is -2.31. The molecule has 1 atom stereocenters. The highest BCUT2D eigenvalue weighted by molar-refractivity contribution is 8.05. The maximum Gasteiger partial charge on any atom is 0.264 e. The van der Waals surface area contributed by atoms with E-state index in [9.17, 15) is 14.9 Å². The van der Waals surface area contributed by atoms with Crippen LogP contribution in [-0.2, 0) is 16.0 Å². The molecule has 1 N–H and O–H groups in total. The van der Waals surface area contributed by atoms with Crippen LogP contribution in [0.25, 0.3) is 0 Å². The number of likely N-dealkylation sites (N-methyl/N-ethyl adjacent to an activating group) is 1. The molecule has 2 aromatic rings. The van der Waals surface area contributed by atoms with Gasteiger partial charge < -0.3 is 5.32 Å². The predicted octanol–water partition coefficient (Wildman–Crippen LogP) is 5.29. The molecular formula is C23H21Cl2N3O2S. The number of anilines is 1. The molecule has 0 saturated carbocycles. The molecule has 8 heteroatoms. The summed E-state index contributed by atoms with van der Waals surface area (Å²) in [4.78, 5) is 27.2. The third-order valence-corrected chi connectivity index (χ3v) is 6.59. The summed E-state index contributed by atoms with van der Waals surface area (Å²) in [6.45, 7) is 4.17. The van der Waals surface area contributed by atoms with Gasteiger partial charge in [-0.1, -0.05) is 60.9 Å². The van der Waals surface area contributed by atoms with Crippen molar-refractivity contribution in [2.75, 3.05) is 11.9 Å². The Balaban J connectivity index is 2.04. The molecule has 3 rings (SSSR count). The van der Waals surface area contributed by atoms with Crippen molar-refractivity contribution in [3.63, 3.8) is 0 Å². The van der Waals surface area contributed by atoms with Gasteiger partial charge in [-0.2, -0.15) is 5.26 Å². The molecule has 1 unspecified atom stereocenters. The molecule has 0 spiro atoms. The largest absolute Gasteiger partial charge is 0.354 e. The number of thioether (sulfide) groups is 1. The highest BCUT2D eigenvalue weighted by Crippen LogP contribution is 2.42. The normalized spacial score (nSPS) is 17.6. The molecule has 0 radical (unpaired) electrons. The first kappa shape index (κ1) is 23.2. The first-order chi connectivity index (χ1) is 14.7. The summed E-state index contributed by atoms with van der Waals surface area (Å²) in [7, 11) is 1.45. The molecule has 1 aliphatic rings. The SMILES string of the molecule is CNC(=O)/C(C#N)=C1\SC(Cc2cc(Cl)cc(Cl)c2)C(=O)N1c1ccc(C(C)C)cc1. The Morgan fingerprint density at radius 2 is 1.81 bits per heavy atom. The zero-order valence-corrected chi connectivity index (χ0v) is 19.6. The van der Waals surface area contributed by atoms with Crippen LogP contribution in [0.15, 0.2) is 53.1 Å². The zero-order valence-electron chi connectivity index (χ0n) is 17.3. The van der Waals surface area contributed by atoms with Gasteiger partial charge in [-0.3, -0.25) is 14.5 Å². The van der Waals surface area contributed by atoms with Crippen molar-refractivity contribution in [3.05, 3.63) is 74.2 Å². The van der Waals surface area contributed by atoms with Crippen LogP contribution in [0.2, 0.25) is 10.0 Å². The highest BCUT2D eigenvalue weighted by atomic mass is 35.5. The van der Waals surface area contributed by atoms with Gasteiger partial charge in [0, 0.05) is 22.8 Å². The van der Waals surface area contributed by atoms with Crippen LogP contribution < -0.4 is 10.2 Å². The quantitative estimate of drug-likeness (QED) is 0.472. The standard InChI is InChI=1S/C23H21Cl2N3O2S/c1-13(2)15-4-6-18(7-5-15)28-22(30)20(10-14-8-16(24)11-17(25)9-14)31-23(28)19(12-26)21(29)27-3/h4-9,11,13,20H,10H2,1-3H3,(H,27,29)/b23-19-. The van der Waals surface area contributed by atoms with E-state index in [1.807, 2.05) is 30.3 Å². The molecule has 0 bridgehead atoms. The molecule has 1 heterocycles. The number of carbonyl (C=O) groups excluding carboxylic acids is 2. The monoisotopic (exact) mass is 473 g/mol. The van der Waals surface area contributed by atoms with Crippen LogP contribution in [0.1, 0.15) is 30.9 Å². The molecule has 31 heavy (non-hydrogen) atoms. The second-order valence-electron chi connectivity index (χ2n) is 7.38. The third kappa shape index (κ3) is 5.07. The molecule has 160 valence electrons. The number of carbonyl (C=O) groups is 2. The number of amides is 2. The molecule has 2 amide bonds. The van der Waals surface area contributed by atoms with E-state index in [1.165, 1.54) is 23.7 Å². The summed E-state index contributed by atoms with van der Waals surface area (Å²) in [6.07, 6.45) is 0.361. The van der Waals surface area contributed by atoms with Crippen molar-refractivity contribution in [2.45, 2.75) is 31.4 Å². The van der Waals surface area contributed by atoms with E-state index in [0.717, 1.165) is 11.1 Å². The fourth-order valence-corrected chi connectivity index (χ4v) is 5.18. The molecule has 1 fully saturated rings. The maximum atomic E-state index is 13.4. The van der Waals surface area contributed by atoms with Gasteiger partial charge in [-0.25, -0.2) is 0 Å². The van der Waals surface area contributed by atoms with Crippen LogP contribution in [0.3, 0.4) is 0 Å². The number of rotatable bonds is 5. The van der Waals surface area contributed by atoms with Gasteiger partial charge in [0.2, 0.25) is 5.91 Å². The summed E-state index contributed by atoms with van der Waals surface area (Å²) in [5.41, 5.74) is 2.45. The summed E-state index contributed by atoms with van der Waals surface area (Å²) < 4.78 is 0. The lowest BCUT2D eigenvalue weighted by molar-refractivity contribution is -0.117. The van der Waals surface area contributed by atoms with Crippen molar-refractivity contribution in [1.82, 2.24) is 5.32 Å². The Morgan fingerprint density at radius 3 is 2.32 bits per heavy atom. The van der Waals surface area contributed by atoms with E-state index in [2.05, 4.69) is 19.2 Å². The first-order valence-electron chi connectivity index (χ1n) is 9.67. The average molecular weight is 474 g/mol. The molecular weight excluding hydrogens is 453 g/mol. The van der Waals surface area contributed by atoms with Crippen molar-refractivity contribution < 1.29 is 9.59 Å². The van der Waals surface area contributed by atoms with Crippen LogP contribution in [-0.4, -0.2) is 24.1 Å². The van der Waals surface area contributed by atoms with E-state index < -0.39 is 11.2 Å². The van der Waals surface area contributed by atoms with Crippen LogP contribution in [0.5, 0.6) is 0 Å². The van der Waals surface area contributed by atoms with Gasteiger partial charge in [0.25, 0.3) is 5.91 Å². The number of halogens is 2. The second kappa shape index (κ2) is 9.78. The number of nitriles is 1. The number of nitrogens with one attached hydrogen (secondary N) is 1. The third-order valence-electron chi connectivity index (χ3n) is 4.89. The summed E-state index contributed by atoms with van der Waals surface area (Å²) in [6, 6.07) is 14.7. The number of benzene rings is 2. The Morgan fingerprint density at radius 1 is 1.19 bits per heavy atom. The maximum absolute atomic E-state index is 13.4. The molecule has 1 aliphatic heterocycles. The Labute approximate surface area is 196 Å². The minimum Gasteiger partial charge on any atom is -0.354 e. The van der Waals surface area contributed by atoms with Gasteiger partial charge >= 0.3 is 0 Å². The molecule has 0 aromatic heterocycles. The molecule has 5 nitrogen and oxygen atoms in total. The van der Waals surface area contributed by atoms with Crippen LogP contribution in [0, 0.1) is 11.3 Å². The predicted molar refractivity (Wildman–Crippen MR) is 126 cm³/mol. The van der Waals surface area contributed by atoms with Gasteiger partial charge in [-0.15, -0.1) is 0 Å². The molecule has 2 aromatic carbocycles. The highest BCUT2D eigenvalue weighted by Gasteiger charge is 2.40. The van der Waals surface area contributed by atoms with Gasteiger partial charge in [0.15, 0.2) is 0 Å². The number of hydrogen-bond acceptors (Lipinski definition) is 4. The lowest BCUT2D eigenvalue weighted by atomic mass is 10.0. The smallest absolute Gasteiger partial charge is 0.264 e. The summed E-state index contributed by atoms with van der Waals surface area (Å²) in [5.74, 6) is -0.397. The first-order valence-corrected chi connectivity index (χ1v) is 11.3. The lowest BCUT2D eigenvalue weighted by Gasteiger charge is -2.19. The van der Waals surface area contributed by atoms with Crippen molar-refractivity contribution in [2.24, 2.45) is 0 Å². The van der Waals surface area contributed by atoms with Gasteiger partial charge in [0.05, 0.1) is 5.25 Å². The average Bonchev–Trinajstić information content (AvgIpc) is 3.03. The van der Waals surface area contributed by atoms with Gasteiger partial charge in [0.1, 0.15) is 16.7 Å². The summed E-state index contributed by atoms with van der Waals surface area (Å²) >= 11 is 13.4. The second-order valence-corrected chi connectivity index (χ2v) is 9.44. The fraction of sp³-hybridized carbons (Fsp3) is 0.261. The Kier molecular flexibility index (Phi) is 7.32. The van der Waals surface area contributed by atoms with E-state index >= 15 is 0 Å². The topological polar surface area (TPSA) is 73.2 Å². The van der Waals surface area contributed by atoms with Crippen molar-refractivity contribution in [3.8, 4) is 6.07 Å². The number of hydrogen-bond donors (Lipinski definition) is 1. The number of nitrogens with zero attached hydrogens (tertiary/aromatic N) is 2. The van der Waals surface area contributed by atoms with Crippen molar-refractivity contribution in [1.29, 1.82) is 5.26 Å². The Hall–Kier alpha value is -2.46. The van der Waals surface area contributed by atoms with Gasteiger partial charge in [-0.05, 0) is 53.8 Å². The summed E-state index contributed by atoms with van der Waals surface area (Å²) in [5, 5.41) is 12.9. The van der Waals surface area contributed by atoms with Crippen molar-refractivity contribution >= 4 is 52.5 Å². The zero-order chi connectivity index (χ0) is 22.7. The molecule has 0 aliphatic carbocycles. The van der Waals surface area contributed by atoms with Crippen LogP contribution >= 0.6 is 35.0 Å². The Bertz CT molecular complexity index is 1070. The van der Waals surface area contributed by atoms with Crippen LogP contribution in [0.4, 0.5) is 5.69 Å². The van der Waals surface area contributed by atoms with E-state index in [0.29, 0.717) is 33.1 Å². The molecule has 1 saturated heterocycles.